The van der Waals surface area contributed by atoms with Gasteiger partial charge in [0.15, 0.2) is 0 Å². The first kappa shape index (κ1) is 11.7. The summed E-state index contributed by atoms with van der Waals surface area (Å²) < 4.78 is 0. The average molecular weight is 228 g/mol. The Bertz CT molecular complexity index is 521. The maximum absolute atomic E-state index is 10.6. The fraction of sp³-hybridized carbons (Fsp3) is 0.286. The van der Waals surface area contributed by atoms with Crippen molar-refractivity contribution in [3.05, 3.63) is 59.2 Å². The van der Waals surface area contributed by atoms with Crippen LogP contribution < -0.4 is 0 Å². The van der Waals surface area contributed by atoms with E-state index < -0.39 is 5.60 Å². The second-order valence-electron chi connectivity index (χ2n) is 4.35. The molecule has 1 atom stereocenters. The molecule has 17 heavy (non-hydrogen) atoms. The first-order valence-corrected chi connectivity index (χ1v) is 5.60. The van der Waals surface area contributed by atoms with E-state index in [0.717, 1.165) is 22.6 Å². The number of aromatic nitrogens is 2. The van der Waals surface area contributed by atoms with Crippen LogP contribution in [0.5, 0.6) is 0 Å². The lowest BCUT2D eigenvalue weighted by molar-refractivity contribution is 0.101. The minimum atomic E-state index is -1.06. The minimum absolute atomic E-state index is 0.718. The van der Waals surface area contributed by atoms with Gasteiger partial charge in [0.05, 0.1) is 0 Å². The number of rotatable bonds is 2. The monoisotopic (exact) mass is 228 g/mol. The Balaban J connectivity index is 2.52. The first-order valence-electron chi connectivity index (χ1n) is 5.60. The van der Waals surface area contributed by atoms with Crippen LogP contribution in [-0.2, 0) is 5.60 Å². The van der Waals surface area contributed by atoms with Gasteiger partial charge >= 0.3 is 0 Å². The van der Waals surface area contributed by atoms with Crippen LogP contribution in [0.1, 0.15) is 29.6 Å². The zero-order chi connectivity index (χ0) is 12.5. The number of aryl methyl sites for hydroxylation is 2. The molecule has 1 heterocycles. The van der Waals surface area contributed by atoms with Crippen molar-refractivity contribution in [1.82, 2.24) is 9.97 Å². The maximum atomic E-state index is 10.6. The van der Waals surface area contributed by atoms with Crippen molar-refractivity contribution < 1.29 is 5.11 Å². The SMILES string of the molecule is Cc1ncc([C@](C)(O)c2ccccc2)c(C)n1. The van der Waals surface area contributed by atoms with E-state index in [2.05, 4.69) is 9.97 Å². The van der Waals surface area contributed by atoms with Gasteiger partial charge in [-0.15, -0.1) is 0 Å². The number of hydrogen-bond donors (Lipinski definition) is 1. The van der Waals surface area contributed by atoms with E-state index in [1.807, 2.05) is 44.2 Å². The Morgan fingerprint density at radius 3 is 2.35 bits per heavy atom. The molecule has 0 bridgehead atoms. The molecule has 1 aromatic heterocycles. The summed E-state index contributed by atoms with van der Waals surface area (Å²) in [6.45, 7) is 5.50. The predicted octanol–water partition coefficient (Wildman–Crippen LogP) is 2.35. The molecule has 0 aliphatic heterocycles. The van der Waals surface area contributed by atoms with Crippen LogP contribution in [0.15, 0.2) is 36.5 Å². The third-order valence-electron chi connectivity index (χ3n) is 2.96. The largest absolute Gasteiger partial charge is 0.381 e. The zero-order valence-corrected chi connectivity index (χ0v) is 10.3. The Morgan fingerprint density at radius 1 is 1.12 bits per heavy atom. The molecule has 0 saturated carbocycles. The van der Waals surface area contributed by atoms with Crippen LogP contribution in [0, 0.1) is 13.8 Å². The second kappa shape index (κ2) is 4.26. The van der Waals surface area contributed by atoms with Crippen LogP contribution in [0.25, 0.3) is 0 Å². The molecule has 1 N–H and O–H groups in total. The number of hydrogen-bond acceptors (Lipinski definition) is 3. The molecule has 88 valence electrons. The molecule has 3 nitrogen and oxygen atoms in total. The summed E-state index contributed by atoms with van der Waals surface area (Å²) in [4.78, 5) is 8.45. The normalized spacial score (nSPS) is 14.4. The maximum Gasteiger partial charge on any atom is 0.125 e. The molecule has 0 aliphatic carbocycles. The first-order chi connectivity index (χ1) is 8.01. The average Bonchev–Trinajstić information content (AvgIpc) is 2.29. The Hall–Kier alpha value is -1.74. The van der Waals surface area contributed by atoms with E-state index in [0.29, 0.717) is 0 Å². The lowest BCUT2D eigenvalue weighted by atomic mass is 9.88. The molecule has 1 aromatic carbocycles. The van der Waals surface area contributed by atoms with Gasteiger partial charge in [0.2, 0.25) is 0 Å². The molecule has 0 fully saturated rings. The van der Waals surface area contributed by atoms with Crippen LogP contribution in [-0.4, -0.2) is 15.1 Å². The Kier molecular flexibility index (Phi) is 2.94. The highest BCUT2D eigenvalue weighted by molar-refractivity contribution is 5.35. The Labute approximate surface area is 101 Å². The molecule has 3 heteroatoms. The van der Waals surface area contributed by atoms with Crippen LogP contribution >= 0.6 is 0 Å². The fourth-order valence-electron chi connectivity index (χ4n) is 1.98. The summed E-state index contributed by atoms with van der Waals surface area (Å²) in [5.74, 6) is 0.718. The van der Waals surface area contributed by atoms with E-state index >= 15 is 0 Å². The number of benzene rings is 1. The van der Waals surface area contributed by atoms with Crippen molar-refractivity contribution in [1.29, 1.82) is 0 Å². The van der Waals surface area contributed by atoms with Gasteiger partial charge in [-0.3, -0.25) is 0 Å². The molecule has 0 aliphatic rings. The van der Waals surface area contributed by atoms with E-state index in [1.165, 1.54) is 0 Å². The standard InChI is InChI=1S/C14H16N2O/c1-10-13(9-15-11(2)16-10)14(3,17)12-7-5-4-6-8-12/h4-9,17H,1-3H3/t14-/m1/s1. The van der Waals surface area contributed by atoms with Gasteiger partial charge in [-0.25, -0.2) is 9.97 Å². The lowest BCUT2D eigenvalue weighted by Crippen LogP contribution is -2.24. The molecule has 2 aromatic rings. The van der Waals surface area contributed by atoms with Crippen molar-refractivity contribution in [3.63, 3.8) is 0 Å². The van der Waals surface area contributed by atoms with Gasteiger partial charge in [-0.2, -0.15) is 0 Å². The predicted molar refractivity (Wildman–Crippen MR) is 66.6 cm³/mol. The van der Waals surface area contributed by atoms with Crippen LogP contribution in [0.3, 0.4) is 0 Å². The smallest absolute Gasteiger partial charge is 0.125 e. The van der Waals surface area contributed by atoms with Gasteiger partial charge in [-0.1, -0.05) is 30.3 Å². The lowest BCUT2D eigenvalue weighted by Gasteiger charge is -2.25. The fourth-order valence-corrected chi connectivity index (χ4v) is 1.98. The summed E-state index contributed by atoms with van der Waals surface area (Å²) in [6.07, 6.45) is 1.70. The van der Waals surface area contributed by atoms with Gasteiger partial charge in [-0.05, 0) is 26.3 Å². The molecule has 0 unspecified atom stereocenters. The van der Waals surface area contributed by atoms with Gasteiger partial charge in [0.1, 0.15) is 11.4 Å². The van der Waals surface area contributed by atoms with E-state index in [1.54, 1.807) is 13.1 Å². The van der Waals surface area contributed by atoms with E-state index in [9.17, 15) is 5.11 Å². The topological polar surface area (TPSA) is 46.0 Å². The molecule has 0 saturated heterocycles. The molecular formula is C14H16N2O. The Morgan fingerprint density at radius 2 is 1.76 bits per heavy atom. The van der Waals surface area contributed by atoms with Gasteiger partial charge < -0.3 is 5.11 Å². The quantitative estimate of drug-likeness (QED) is 0.858. The number of nitrogens with zero attached hydrogens (tertiary/aromatic N) is 2. The molecule has 2 rings (SSSR count). The van der Waals surface area contributed by atoms with Crippen molar-refractivity contribution in [2.75, 3.05) is 0 Å². The highest BCUT2D eigenvalue weighted by atomic mass is 16.3. The van der Waals surface area contributed by atoms with E-state index in [4.69, 9.17) is 0 Å². The molecular weight excluding hydrogens is 212 g/mol. The minimum Gasteiger partial charge on any atom is -0.381 e. The zero-order valence-electron chi connectivity index (χ0n) is 10.3. The van der Waals surface area contributed by atoms with Crippen LogP contribution in [0.2, 0.25) is 0 Å². The van der Waals surface area contributed by atoms with Crippen molar-refractivity contribution in [2.45, 2.75) is 26.4 Å². The van der Waals surface area contributed by atoms with Crippen LogP contribution in [0.4, 0.5) is 0 Å². The summed E-state index contributed by atoms with van der Waals surface area (Å²) in [5, 5.41) is 10.6. The van der Waals surface area contributed by atoms with Gasteiger partial charge in [0.25, 0.3) is 0 Å². The molecule has 0 radical (unpaired) electrons. The summed E-state index contributed by atoms with van der Waals surface area (Å²) in [5.41, 5.74) is 1.34. The summed E-state index contributed by atoms with van der Waals surface area (Å²) in [7, 11) is 0. The van der Waals surface area contributed by atoms with E-state index in [-0.39, 0.29) is 0 Å². The second-order valence-corrected chi connectivity index (χ2v) is 4.35. The molecule has 0 spiro atoms. The highest BCUT2D eigenvalue weighted by Crippen LogP contribution is 2.29. The summed E-state index contributed by atoms with van der Waals surface area (Å²) in [6, 6.07) is 9.55. The summed E-state index contributed by atoms with van der Waals surface area (Å²) >= 11 is 0. The number of aliphatic hydroxyl groups is 1. The van der Waals surface area contributed by atoms with Crippen molar-refractivity contribution in [3.8, 4) is 0 Å². The van der Waals surface area contributed by atoms with Crippen molar-refractivity contribution in [2.24, 2.45) is 0 Å². The third-order valence-corrected chi connectivity index (χ3v) is 2.96. The molecule has 0 amide bonds. The third kappa shape index (κ3) is 2.19. The highest BCUT2D eigenvalue weighted by Gasteiger charge is 2.28. The van der Waals surface area contributed by atoms with Crippen molar-refractivity contribution >= 4 is 0 Å². The van der Waals surface area contributed by atoms with Gasteiger partial charge in [0, 0.05) is 17.5 Å².